The van der Waals surface area contributed by atoms with Crippen LogP contribution in [0.15, 0.2) is 60.7 Å². The number of benzene rings is 3. The maximum absolute atomic E-state index is 10.1. The molecule has 0 radical (unpaired) electrons. The molecule has 0 aliphatic carbocycles. The summed E-state index contributed by atoms with van der Waals surface area (Å²) < 4.78 is 0. The second-order valence-corrected chi connectivity index (χ2v) is 5.63. The fourth-order valence-corrected chi connectivity index (χ4v) is 2.99. The number of aromatic hydroxyl groups is 1. The summed E-state index contributed by atoms with van der Waals surface area (Å²) in [5, 5.41) is 10.1. The first-order valence-corrected chi connectivity index (χ1v) is 7.32. The Morgan fingerprint density at radius 2 is 1.45 bits per heavy atom. The van der Waals surface area contributed by atoms with Gasteiger partial charge in [0.15, 0.2) is 0 Å². The zero-order chi connectivity index (χ0) is 15.7. The van der Waals surface area contributed by atoms with Crippen LogP contribution in [0.5, 0.6) is 5.75 Å². The van der Waals surface area contributed by atoms with Gasteiger partial charge in [-0.15, -0.1) is 0 Å². The van der Waals surface area contributed by atoms with E-state index in [9.17, 15) is 5.11 Å². The van der Waals surface area contributed by atoms with Gasteiger partial charge in [-0.25, -0.2) is 0 Å². The summed E-state index contributed by atoms with van der Waals surface area (Å²) in [5.41, 5.74) is 13.2. The summed E-state index contributed by atoms with van der Waals surface area (Å²) >= 11 is 0. The van der Waals surface area contributed by atoms with Gasteiger partial charge in [0.25, 0.3) is 0 Å². The van der Waals surface area contributed by atoms with E-state index in [1.54, 1.807) is 6.07 Å². The fraction of sp³-hybridized carbons (Fsp3) is 0.100. The van der Waals surface area contributed by atoms with Gasteiger partial charge in [0.1, 0.15) is 5.75 Å². The molecule has 0 bridgehead atoms. The molecule has 110 valence electrons. The molecule has 0 unspecified atom stereocenters. The number of hydrogen-bond acceptors (Lipinski definition) is 2. The van der Waals surface area contributed by atoms with E-state index in [1.807, 2.05) is 36.4 Å². The number of nitrogen functional groups attached to an aromatic ring is 1. The zero-order valence-corrected chi connectivity index (χ0v) is 12.8. The number of para-hydroxylation sites is 1. The van der Waals surface area contributed by atoms with Crippen LogP contribution in [0.3, 0.4) is 0 Å². The largest absolute Gasteiger partial charge is 0.507 e. The predicted octanol–water partition coefficient (Wildman–Crippen LogP) is 4.93. The number of anilines is 1. The normalized spacial score (nSPS) is 10.6. The Morgan fingerprint density at radius 1 is 0.773 bits per heavy atom. The molecule has 3 N–H and O–H groups in total. The molecule has 0 fully saturated rings. The van der Waals surface area contributed by atoms with E-state index in [4.69, 9.17) is 5.73 Å². The first kappa shape index (κ1) is 14.2. The lowest BCUT2D eigenvalue weighted by Gasteiger charge is -2.14. The smallest absolute Gasteiger partial charge is 0.123 e. The Kier molecular flexibility index (Phi) is 3.60. The molecule has 0 saturated carbocycles. The van der Waals surface area contributed by atoms with Crippen molar-refractivity contribution in [3.8, 4) is 28.0 Å². The Labute approximate surface area is 130 Å². The Bertz CT molecular complexity index is 814. The van der Waals surface area contributed by atoms with E-state index < -0.39 is 0 Å². The van der Waals surface area contributed by atoms with Crippen LogP contribution in [0.2, 0.25) is 0 Å². The topological polar surface area (TPSA) is 46.2 Å². The van der Waals surface area contributed by atoms with Gasteiger partial charge < -0.3 is 10.8 Å². The molecule has 2 nitrogen and oxygen atoms in total. The lowest BCUT2D eigenvalue weighted by Crippen LogP contribution is -1.92. The minimum Gasteiger partial charge on any atom is -0.507 e. The van der Waals surface area contributed by atoms with E-state index in [0.717, 1.165) is 22.4 Å². The summed E-state index contributed by atoms with van der Waals surface area (Å²) in [6.07, 6.45) is 0. The molecule has 0 aliphatic rings. The van der Waals surface area contributed by atoms with Crippen molar-refractivity contribution in [2.45, 2.75) is 13.8 Å². The minimum atomic E-state index is 0.304. The average molecular weight is 289 g/mol. The highest BCUT2D eigenvalue weighted by molar-refractivity contribution is 5.79. The Balaban J connectivity index is 2.15. The molecule has 2 heteroatoms. The molecule has 3 rings (SSSR count). The number of hydrogen-bond donors (Lipinski definition) is 2. The molecule has 22 heavy (non-hydrogen) atoms. The third-order valence-electron chi connectivity index (χ3n) is 3.92. The number of aryl methyl sites for hydroxylation is 2. The van der Waals surface area contributed by atoms with Crippen LogP contribution in [0.25, 0.3) is 22.3 Å². The predicted molar refractivity (Wildman–Crippen MR) is 92.9 cm³/mol. The van der Waals surface area contributed by atoms with Gasteiger partial charge in [0.05, 0.1) is 0 Å². The Hall–Kier alpha value is -2.74. The quantitative estimate of drug-likeness (QED) is 0.657. The lowest BCUT2D eigenvalue weighted by molar-refractivity contribution is 0.477. The number of phenolic OH excluding ortho intramolecular Hbond substituents is 1. The molecule has 0 amide bonds. The van der Waals surface area contributed by atoms with Gasteiger partial charge in [0.2, 0.25) is 0 Å². The summed E-state index contributed by atoms with van der Waals surface area (Å²) in [5.74, 6) is 0.304. The summed E-state index contributed by atoms with van der Waals surface area (Å²) in [7, 11) is 0. The molecule has 3 aromatic carbocycles. The van der Waals surface area contributed by atoms with E-state index in [0.29, 0.717) is 5.75 Å². The van der Waals surface area contributed by atoms with Crippen molar-refractivity contribution in [3.05, 3.63) is 71.8 Å². The molecule has 0 aliphatic heterocycles. The number of rotatable bonds is 2. The van der Waals surface area contributed by atoms with Crippen molar-refractivity contribution in [2.75, 3.05) is 5.73 Å². The standard InChI is InChI=1S/C20H19NO/c1-13-10-16(18-8-3-4-9-19(18)22)11-14(2)20(13)15-6-5-7-17(21)12-15/h3-12,22H,21H2,1-2H3. The van der Waals surface area contributed by atoms with Crippen molar-refractivity contribution in [1.82, 2.24) is 0 Å². The van der Waals surface area contributed by atoms with Gasteiger partial charge in [-0.05, 0) is 59.9 Å². The molecule has 0 saturated heterocycles. The number of nitrogens with two attached hydrogens (primary N) is 1. The second-order valence-electron chi connectivity index (χ2n) is 5.63. The van der Waals surface area contributed by atoms with Crippen molar-refractivity contribution < 1.29 is 5.11 Å². The van der Waals surface area contributed by atoms with E-state index in [-0.39, 0.29) is 0 Å². The van der Waals surface area contributed by atoms with Crippen LogP contribution in [0.4, 0.5) is 5.69 Å². The fourth-order valence-electron chi connectivity index (χ4n) is 2.99. The summed E-state index contributed by atoms with van der Waals surface area (Å²) in [6.45, 7) is 4.18. The third-order valence-corrected chi connectivity index (χ3v) is 3.92. The van der Waals surface area contributed by atoms with Crippen LogP contribution in [0.1, 0.15) is 11.1 Å². The zero-order valence-electron chi connectivity index (χ0n) is 12.8. The van der Waals surface area contributed by atoms with Gasteiger partial charge in [-0.3, -0.25) is 0 Å². The molecular formula is C20H19NO. The van der Waals surface area contributed by atoms with Crippen LogP contribution in [0, 0.1) is 13.8 Å². The second kappa shape index (κ2) is 5.57. The number of phenols is 1. The highest BCUT2D eigenvalue weighted by Crippen LogP contribution is 2.35. The first-order valence-electron chi connectivity index (χ1n) is 7.32. The minimum absolute atomic E-state index is 0.304. The van der Waals surface area contributed by atoms with Crippen molar-refractivity contribution in [3.63, 3.8) is 0 Å². The van der Waals surface area contributed by atoms with Gasteiger partial charge >= 0.3 is 0 Å². The molecule has 0 atom stereocenters. The average Bonchev–Trinajstić information content (AvgIpc) is 2.47. The van der Waals surface area contributed by atoms with Gasteiger partial charge in [-0.2, -0.15) is 0 Å². The van der Waals surface area contributed by atoms with E-state index >= 15 is 0 Å². The molecule has 0 spiro atoms. The molecular weight excluding hydrogens is 270 g/mol. The summed E-state index contributed by atoms with van der Waals surface area (Å²) in [4.78, 5) is 0. The van der Waals surface area contributed by atoms with Crippen LogP contribution < -0.4 is 5.73 Å². The molecule has 0 heterocycles. The van der Waals surface area contributed by atoms with Crippen LogP contribution >= 0.6 is 0 Å². The van der Waals surface area contributed by atoms with Crippen LogP contribution in [-0.2, 0) is 0 Å². The van der Waals surface area contributed by atoms with Crippen molar-refractivity contribution in [1.29, 1.82) is 0 Å². The van der Waals surface area contributed by atoms with Crippen molar-refractivity contribution in [2.24, 2.45) is 0 Å². The first-order chi connectivity index (χ1) is 10.6. The van der Waals surface area contributed by atoms with Gasteiger partial charge in [0, 0.05) is 11.3 Å². The lowest BCUT2D eigenvalue weighted by atomic mass is 9.91. The Morgan fingerprint density at radius 3 is 2.09 bits per heavy atom. The molecule has 3 aromatic rings. The SMILES string of the molecule is Cc1cc(-c2ccccc2O)cc(C)c1-c1cccc(N)c1. The monoisotopic (exact) mass is 289 g/mol. The summed E-state index contributed by atoms with van der Waals surface area (Å²) in [6, 6.07) is 19.6. The maximum atomic E-state index is 10.1. The maximum Gasteiger partial charge on any atom is 0.123 e. The van der Waals surface area contributed by atoms with Gasteiger partial charge in [-0.1, -0.05) is 42.5 Å². The highest BCUT2D eigenvalue weighted by Gasteiger charge is 2.10. The van der Waals surface area contributed by atoms with E-state index in [1.165, 1.54) is 16.7 Å². The van der Waals surface area contributed by atoms with Crippen molar-refractivity contribution >= 4 is 5.69 Å². The highest BCUT2D eigenvalue weighted by atomic mass is 16.3. The third kappa shape index (κ3) is 2.56. The molecule has 0 aromatic heterocycles. The van der Waals surface area contributed by atoms with Crippen LogP contribution in [-0.4, -0.2) is 5.11 Å². The van der Waals surface area contributed by atoms with E-state index in [2.05, 4.69) is 32.0 Å².